The van der Waals surface area contributed by atoms with E-state index in [9.17, 15) is 5.11 Å². The predicted molar refractivity (Wildman–Crippen MR) is 74.0 cm³/mol. The van der Waals surface area contributed by atoms with Gasteiger partial charge in [-0.05, 0) is 32.0 Å². The number of nitrogens with one attached hydrogen (secondary N) is 1. The Bertz CT molecular complexity index is 546. The Kier molecular flexibility index (Phi) is 3.09. The molecule has 1 N–H and O–H groups in total. The number of fused-ring (bicyclic) bond motifs is 1. The Morgan fingerprint density at radius 3 is 2.83 bits per heavy atom. The first kappa shape index (κ1) is 11.7. The van der Waals surface area contributed by atoms with E-state index >= 15 is 0 Å². The van der Waals surface area contributed by atoms with Crippen molar-refractivity contribution in [3.63, 3.8) is 0 Å². The number of nitrogens with zero attached hydrogens (tertiary/aromatic N) is 2. The van der Waals surface area contributed by atoms with E-state index in [2.05, 4.69) is 15.2 Å². The number of piperidine rings is 1. The summed E-state index contributed by atoms with van der Waals surface area (Å²) in [5.41, 5.74) is 0.619. The molecular weight excluding hydrogens is 246 g/mol. The first-order valence-electron chi connectivity index (χ1n) is 6.26. The quantitative estimate of drug-likeness (QED) is 0.905. The first-order valence-corrected chi connectivity index (χ1v) is 7.08. The van der Waals surface area contributed by atoms with Gasteiger partial charge in [0.2, 0.25) is 5.75 Å². The number of aromatic nitrogens is 1. The van der Waals surface area contributed by atoms with E-state index in [0.717, 1.165) is 35.8 Å². The van der Waals surface area contributed by atoms with Crippen LogP contribution in [0, 0.1) is 0 Å². The second-order valence-corrected chi connectivity index (χ2v) is 5.66. The maximum Gasteiger partial charge on any atom is 0.205 e. The highest BCUT2D eigenvalue weighted by molar-refractivity contribution is 7.22. The minimum absolute atomic E-state index is 0.0279. The summed E-state index contributed by atoms with van der Waals surface area (Å²) in [6.07, 6.45) is 2.27. The molecule has 1 aromatic carbocycles. The molecule has 1 radical (unpaired) electrons. The second kappa shape index (κ2) is 4.74. The third kappa shape index (κ3) is 2.04. The summed E-state index contributed by atoms with van der Waals surface area (Å²) in [6, 6.07) is 5.97. The maximum atomic E-state index is 11.7. The molecule has 0 bridgehead atoms. The van der Waals surface area contributed by atoms with Gasteiger partial charge < -0.3 is 10.2 Å². The zero-order valence-electron chi connectivity index (χ0n) is 10.3. The molecule has 1 aromatic heterocycles. The lowest BCUT2D eigenvalue weighted by molar-refractivity contribution is 0.359. The summed E-state index contributed by atoms with van der Waals surface area (Å²) >= 11 is 1.62. The Morgan fingerprint density at radius 1 is 1.39 bits per heavy atom. The molecule has 18 heavy (non-hydrogen) atoms. The van der Waals surface area contributed by atoms with Crippen LogP contribution in [0.2, 0.25) is 0 Å². The summed E-state index contributed by atoms with van der Waals surface area (Å²) in [4.78, 5) is 6.79. The fourth-order valence-corrected chi connectivity index (χ4v) is 3.44. The smallest absolute Gasteiger partial charge is 0.205 e. The van der Waals surface area contributed by atoms with Gasteiger partial charge in [0.15, 0.2) is 5.13 Å². The summed E-state index contributed by atoms with van der Waals surface area (Å²) in [5, 5.41) is 16.0. The Balaban J connectivity index is 1.85. The van der Waals surface area contributed by atoms with Crippen molar-refractivity contribution in [1.82, 2.24) is 10.3 Å². The van der Waals surface area contributed by atoms with Crippen molar-refractivity contribution in [2.45, 2.75) is 18.9 Å². The Morgan fingerprint density at radius 2 is 2.17 bits per heavy atom. The number of hydrogen-bond donors (Lipinski definition) is 1. The molecule has 0 amide bonds. The van der Waals surface area contributed by atoms with E-state index in [1.54, 1.807) is 23.5 Å². The van der Waals surface area contributed by atoms with E-state index in [4.69, 9.17) is 0 Å². The van der Waals surface area contributed by atoms with E-state index in [1.165, 1.54) is 0 Å². The largest absolute Gasteiger partial charge is 0.348 e. The second-order valence-electron chi connectivity index (χ2n) is 4.65. The van der Waals surface area contributed by atoms with Gasteiger partial charge in [0, 0.05) is 19.1 Å². The van der Waals surface area contributed by atoms with E-state index in [1.807, 2.05) is 13.1 Å². The minimum Gasteiger partial charge on any atom is -0.348 e. The van der Waals surface area contributed by atoms with Gasteiger partial charge in [-0.2, -0.15) is 0 Å². The highest BCUT2D eigenvalue weighted by Crippen LogP contribution is 2.34. The zero-order valence-corrected chi connectivity index (χ0v) is 11.2. The van der Waals surface area contributed by atoms with Crippen molar-refractivity contribution in [1.29, 1.82) is 0 Å². The van der Waals surface area contributed by atoms with Gasteiger partial charge in [-0.25, -0.2) is 4.98 Å². The Labute approximate surface area is 110 Å². The summed E-state index contributed by atoms with van der Waals surface area (Å²) in [7, 11) is 2.02. The van der Waals surface area contributed by atoms with Gasteiger partial charge >= 0.3 is 0 Å². The number of rotatable bonds is 2. The number of benzene rings is 1. The van der Waals surface area contributed by atoms with Gasteiger partial charge in [0.05, 0.1) is 4.70 Å². The summed E-state index contributed by atoms with van der Waals surface area (Å²) in [6.45, 7) is 2.03. The van der Waals surface area contributed by atoms with Gasteiger partial charge in [-0.1, -0.05) is 17.4 Å². The molecule has 0 unspecified atom stereocenters. The number of thiazole rings is 1. The van der Waals surface area contributed by atoms with Crippen molar-refractivity contribution >= 4 is 26.7 Å². The highest BCUT2D eigenvalue weighted by Gasteiger charge is 2.21. The molecule has 95 valence electrons. The predicted octanol–water partition coefficient (Wildman–Crippen LogP) is 2.63. The standard InChI is InChI=1S/C13H16N3OS/c1-14-9-5-7-16(8-6-9)13-15-12-10(17)3-2-4-11(12)18-13/h2-4,9,14H,5-8H2,1H3. The van der Waals surface area contributed by atoms with Gasteiger partial charge in [-0.3, -0.25) is 5.11 Å². The molecule has 2 heterocycles. The summed E-state index contributed by atoms with van der Waals surface area (Å²) in [5.74, 6) is 0.0279. The molecule has 0 saturated carbocycles. The van der Waals surface area contributed by atoms with Crippen molar-refractivity contribution in [2.24, 2.45) is 0 Å². The lowest BCUT2D eigenvalue weighted by Gasteiger charge is -2.31. The van der Waals surface area contributed by atoms with Gasteiger partial charge in [0.1, 0.15) is 5.52 Å². The van der Waals surface area contributed by atoms with Crippen molar-refractivity contribution in [3.05, 3.63) is 18.2 Å². The molecule has 0 atom stereocenters. The number of anilines is 1. The average Bonchev–Trinajstić information content (AvgIpc) is 2.84. The fraction of sp³-hybridized carbons (Fsp3) is 0.462. The number of para-hydroxylation sites is 1. The molecule has 0 aliphatic carbocycles. The minimum atomic E-state index is 0.0279. The van der Waals surface area contributed by atoms with E-state index in [-0.39, 0.29) is 5.75 Å². The van der Waals surface area contributed by atoms with Gasteiger partial charge in [0.25, 0.3) is 0 Å². The van der Waals surface area contributed by atoms with Crippen LogP contribution in [0.5, 0.6) is 5.75 Å². The van der Waals surface area contributed by atoms with Crippen molar-refractivity contribution < 1.29 is 5.11 Å². The molecule has 1 fully saturated rings. The van der Waals surface area contributed by atoms with Crippen molar-refractivity contribution in [3.8, 4) is 5.75 Å². The van der Waals surface area contributed by atoms with Crippen LogP contribution in [0.3, 0.4) is 0 Å². The molecule has 4 nitrogen and oxygen atoms in total. The van der Waals surface area contributed by atoms with Crippen LogP contribution in [-0.4, -0.2) is 31.2 Å². The third-order valence-electron chi connectivity index (χ3n) is 3.54. The van der Waals surface area contributed by atoms with Crippen LogP contribution >= 0.6 is 11.3 Å². The lowest BCUT2D eigenvalue weighted by Crippen LogP contribution is -2.41. The molecule has 5 heteroatoms. The molecule has 1 saturated heterocycles. The molecule has 2 aromatic rings. The highest BCUT2D eigenvalue weighted by atomic mass is 32.1. The van der Waals surface area contributed by atoms with Crippen LogP contribution in [0.15, 0.2) is 18.2 Å². The van der Waals surface area contributed by atoms with Crippen molar-refractivity contribution in [2.75, 3.05) is 25.0 Å². The molecule has 1 aliphatic heterocycles. The maximum absolute atomic E-state index is 11.7. The van der Waals surface area contributed by atoms with Crippen LogP contribution < -0.4 is 10.2 Å². The van der Waals surface area contributed by atoms with Crippen LogP contribution in [0.1, 0.15) is 12.8 Å². The topological polar surface area (TPSA) is 48.1 Å². The summed E-state index contributed by atoms with van der Waals surface area (Å²) < 4.78 is 0.994. The average molecular weight is 262 g/mol. The lowest BCUT2D eigenvalue weighted by atomic mass is 10.1. The molecule has 3 rings (SSSR count). The SMILES string of the molecule is CNC1CCN(c2nc3c([O])cccc3s2)CC1. The van der Waals surface area contributed by atoms with E-state index < -0.39 is 0 Å². The number of hydrogen-bond acceptors (Lipinski definition) is 4. The third-order valence-corrected chi connectivity index (χ3v) is 4.63. The monoisotopic (exact) mass is 262 g/mol. The first-order chi connectivity index (χ1) is 8.78. The molecule has 1 aliphatic rings. The normalized spacial score (nSPS) is 17.5. The van der Waals surface area contributed by atoms with Gasteiger partial charge in [-0.15, -0.1) is 0 Å². The molecule has 0 spiro atoms. The molecular formula is C13H16N3OS. The fourth-order valence-electron chi connectivity index (χ4n) is 2.41. The van der Waals surface area contributed by atoms with E-state index in [0.29, 0.717) is 11.6 Å². The van der Waals surface area contributed by atoms with Crippen LogP contribution in [0.4, 0.5) is 5.13 Å². The van der Waals surface area contributed by atoms with Crippen LogP contribution in [0.25, 0.3) is 10.2 Å². The zero-order chi connectivity index (χ0) is 12.5. The Hall–Kier alpha value is -1.33. The van der Waals surface area contributed by atoms with Crippen LogP contribution in [-0.2, 0) is 5.11 Å².